The third-order valence-electron chi connectivity index (χ3n) is 5.83. The number of hydrogen-bond donors (Lipinski definition) is 3. The van der Waals surface area contributed by atoms with Gasteiger partial charge < -0.3 is 25.6 Å². The molecular weight excluding hydrogens is 426 g/mol. The zero-order chi connectivity index (χ0) is 22.9. The molecule has 12 nitrogen and oxygen atoms in total. The van der Waals surface area contributed by atoms with Gasteiger partial charge in [0, 0.05) is 32.7 Å². The first-order valence-corrected chi connectivity index (χ1v) is 10.9. The molecule has 1 aliphatic heterocycles. The van der Waals surface area contributed by atoms with Gasteiger partial charge in [0.1, 0.15) is 0 Å². The van der Waals surface area contributed by atoms with Crippen molar-refractivity contribution in [2.24, 2.45) is 5.92 Å². The van der Waals surface area contributed by atoms with Gasteiger partial charge in [0.25, 0.3) is 5.91 Å². The van der Waals surface area contributed by atoms with Crippen LogP contribution in [0.15, 0.2) is 24.4 Å². The van der Waals surface area contributed by atoms with Crippen molar-refractivity contribution in [3.8, 4) is 0 Å². The second-order valence-corrected chi connectivity index (χ2v) is 8.18. The van der Waals surface area contributed by atoms with E-state index in [-0.39, 0.29) is 23.3 Å². The van der Waals surface area contributed by atoms with Crippen molar-refractivity contribution in [2.75, 3.05) is 42.8 Å². The van der Waals surface area contributed by atoms with E-state index in [1.165, 1.54) is 7.05 Å². The average molecular weight is 451 g/mol. The minimum Gasteiger partial charge on any atom is -0.383 e. The minimum atomic E-state index is -0.418. The molecule has 3 aromatic heterocycles. The van der Waals surface area contributed by atoms with Gasteiger partial charge in [-0.1, -0.05) is 0 Å². The molecule has 5 rings (SSSR count). The summed E-state index contributed by atoms with van der Waals surface area (Å²) in [5.74, 6) is 0.0557. The summed E-state index contributed by atoms with van der Waals surface area (Å²) < 4.78 is 6.97. The van der Waals surface area contributed by atoms with Crippen LogP contribution in [0.3, 0.4) is 0 Å². The Hall–Kier alpha value is -3.80. The molecule has 1 saturated carbocycles. The molecular formula is C21H25N9O3. The highest BCUT2D eigenvalue weighted by Gasteiger charge is 2.30. The zero-order valence-corrected chi connectivity index (χ0v) is 18.4. The van der Waals surface area contributed by atoms with E-state index in [0.717, 1.165) is 31.5 Å². The molecule has 172 valence electrons. The van der Waals surface area contributed by atoms with Crippen molar-refractivity contribution < 1.29 is 14.3 Å². The van der Waals surface area contributed by atoms with E-state index < -0.39 is 5.91 Å². The maximum Gasteiger partial charge on any atom is 0.273 e. The van der Waals surface area contributed by atoms with Gasteiger partial charge in [-0.25, -0.2) is 4.52 Å². The molecule has 12 heteroatoms. The fourth-order valence-corrected chi connectivity index (χ4v) is 3.77. The Morgan fingerprint density at radius 3 is 2.76 bits per heavy atom. The first kappa shape index (κ1) is 21.1. The molecule has 33 heavy (non-hydrogen) atoms. The Morgan fingerprint density at radius 2 is 2.06 bits per heavy atom. The van der Waals surface area contributed by atoms with Gasteiger partial charge in [0.2, 0.25) is 11.9 Å². The molecule has 0 radical (unpaired) electrons. The summed E-state index contributed by atoms with van der Waals surface area (Å²) in [5.41, 5.74) is 2.10. The Labute approximate surface area is 189 Å². The van der Waals surface area contributed by atoms with Gasteiger partial charge in [0.05, 0.1) is 30.2 Å². The molecule has 1 aliphatic carbocycles. The van der Waals surface area contributed by atoms with Crippen LogP contribution in [-0.4, -0.2) is 70.0 Å². The third kappa shape index (κ3) is 4.29. The SMILES string of the molecule is CNC(=O)c1nnc(NC(=O)C2CC2)cc1Nc1nc2ccc(N3CCC3COC)cn2n1. The molecule has 1 unspecified atom stereocenters. The maximum absolute atomic E-state index is 12.3. The molecule has 4 heterocycles. The number of methoxy groups -OCH3 is 1. The zero-order valence-electron chi connectivity index (χ0n) is 18.4. The van der Waals surface area contributed by atoms with Crippen LogP contribution in [0, 0.1) is 5.92 Å². The van der Waals surface area contributed by atoms with Gasteiger partial charge in [-0.05, 0) is 31.4 Å². The fourth-order valence-electron chi connectivity index (χ4n) is 3.77. The van der Waals surface area contributed by atoms with Crippen molar-refractivity contribution in [2.45, 2.75) is 25.3 Å². The van der Waals surface area contributed by atoms with Gasteiger partial charge in [0.15, 0.2) is 17.2 Å². The summed E-state index contributed by atoms with van der Waals surface area (Å²) in [6, 6.07) is 5.81. The fraction of sp³-hybridized carbons (Fsp3) is 0.429. The van der Waals surface area contributed by atoms with E-state index in [0.29, 0.717) is 29.9 Å². The van der Waals surface area contributed by atoms with E-state index in [1.807, 2.05) is 18.3 Å². The number of carbonyl (C=O) groups excluding carboxylic acids is 2. The van der Waals surface area contributed by atoms with Crippen molar-refractivity contribution in [1.82, 2.24) is 30.1 Å². The predicted octanol–water partition coefficient (Wildman–Crippen LogP) is 1.20. The number of nitrogens with one attached hydrogen (secondary N) is 3. The van der Waals surface area contributed by atoms with Crippen molar-refractivity contribution in [3.63, 3.8) is 0 Å². The number of amides is 2. The quantitative estimate of drug-likeness (QED) is 0.461. The smallest absolute Gasteiger partial charge is 0.273 e. The van der Waals surface area contributed by atoms with E-state index >= 15 is 0 Å². The second-order valence-electron chi connectivity index (χ2n) is 8.18. The van der Waals surface area contributed by atoms with Crippen molar-refractivity contribution in [3.05, 3.63) is 30.1 Å². The van der Waals surface area contributed by atoms with E-state index in [1.54, 1.807) is 17.7 Å². The van der Waals surface area contributed by atoms with Crippen molar-refractivity contribution >= 4 is 40.6 Å². The maximum atomic E-state index is 12.3. The Balaban J connectivity index is 1.40. The molecule has 0 bridgehead atoms. The highest BCUT2D eigenvalue weighted by atomic mass is 16.5. The number of fused-ring (bicyclic) bond motifs is 1. The number of aromatic nitrogens is 5. The lowest BCUT2D eigenvalue weighted by atomic mass is 10.0. The molecule has 0 spiro atoms. The monoisotopic (exact) mass is 451 g/mol. The highest BCUT2D eigenvalue weighted by molar-refractivity contribution is 5.99. The van der Waals surface area contributed by atoms with Crippen molar-refractivity contribution in [1.29, 1.82) is 0 Å². The Bertz CT molecular complexity index is 1210. The number of ether oxygens (including phenoxy) is 1. The van der Waals surface area contributed by atoms with Crippen LogP contribution >= 0.6 is 0 Å². The molecule has 2 amide bonds. The number of anilines is 4. The van der Waals surface area contributed by atoms with Gasteiger partial charge in [-0.15, -0.1) is 15.3 Å². The van der Waals surface area contributed by atoms with Crippen LogP contribution in [0.5, 0.6) is 0 Å². The summed E-state index contributed by atoms with van der Waals surface area (Å²) in [5, 5.41) is 20.8. The molecule has 3 N–H and O–H groups in total. The predicted molar refractivity (Wildman–Crippen MR) is 121 cm³/mol. The van der Waals surface area contributed by atoms with Crippen LogP contribution < -0.4 is 20.9 Å². The lowest BCUT2D eigenvalue weighted by molar-refractivity contribution is -0.117. The molecule has 3 aromatic rings. The Morgan fingerprint density at radius 1 is 1.21 bits per heavy atom. The van der Waals surface area contributed by atoms with E-state index in [9.17, 15) is 9.59 Å². The molecule has 0 aromatic carbocycles. The van der Waals surface area contributed by atoms with Crippen LogP contribution in [0.2, 0.25) is 0 Å². The molecule has 1 saturated heterocycles. The number of carbonyl (C=O) groups is 2. The number of rotatable bonds is 8. The van der Waals surface area contributed by atoms with E-state index in [2.05, 4.69) is 41.1 Å². The molecule has 1 atom stereocenters. The average Bonchev–Trinajstić information content (AvgIpc) is 3.57. The van der Waals surface area contributed by atoms with Crippen LogP contribution in [0.25, 0.3) is 5.65 Å². The minimum absolute atomic E-state index is 0.0195. The number of nitrogens with zero attached hydrogens (tertiary/aromatic N) is 6. The summed E-state index contributed by atoms with van der Waals surface area (Å²) in [6.07, 6.45) is 4.75. The summed E-state index contributed by atoms with van der Waals surface area (Å²) in [4.78, 5) is 31.1. The van der Waals surface area contributed by atoms with Gasteiger partial charge >= 0.3 is 0 Å². The van der Waals surface area contributed by atoms with Crippen LogP contribution in [0.4, 0.5) is 23.1 Å². The number of pyridine rings is 1. The molecule has 2 fully saturated rings. The van der Waals surface area contributed by atoms with Crippen LogP contribution in [0.1, 0.15) is 29.8 Å². The third-order valence-corrected chi connectivity index (χ3v) is 5.83. The lowest BCUT2D eigenvalue weighted by Crippen LogP contribution is -2.50. The summed E-state index contributed by atoms with van der Waals surface area (Å²) in [6.45, 7) is 1.64. The Kier molecular flexibility index (Phi) is 5.50. The largest absolute Gasteiger partial charge is 0.383 e. The first-order valence-electron chi connectivity index (χ1n) is 10.9. The van der Waals surface area contributed by atoms with E-state index in [4.69, 9.17) is 4.74 Å². The lowest BCUT2D eigenvalue weighted by Gasteiger charge is -2.42. The summed E-state index contributed by atoms with van der Waals surface area (Å²) in [7, 11) is 3.22. The van der Waals surface area contributed by atoms with Gasteiger partial charge in [-0.2, -0.15) is 4.98 Å². The topological polar surface area (TPSA) is 139 Å². The second kappa shape index (κ2) is 8.62. The van der Waals surface area contributed by atoms with Gasteiger partial charge in [-0.3, -0.25) is 9.59 Å². The number of hydrogen-bond acceptors (Lipinski definition) is 9. The van der Waals surface area contributed by atoms with Crippen LogP contribution in [-0.2, 0) is 9.53 Å². The standard InChI is InChI=1S/C21H25N9O3/c1-22-20(32)18-15(9-16(26-27-18)24-19(31)12-3-4-12)23-21-25-17-6-5-13(10-30(17)28-21)29-8-7-14(29)11-33-2/h5-6,9-10,12,14H,3-4,7-8,11H2,1-2H3,(H,22,32)(H2,23,24,26,28,31). The molecule has 2 aliphatic rings. The first-order chi connectivity index (χ1) is 16.1. The summed E-state index contributed by atoms with van der Waals surface area (Å²) >= 11 is 0. The normalized spacial score (nSPS) is 17.5. The highest BCUT2D eigenvalue weighted by Crippen LogP contribution is 2.31.